The molecule has 1 saturated carbocycles. The molecule has 0 bridgehead atoms. The van der Waals surface area contributed by atoms with E-state index in [4.69, 9.17) is 0 Å². The van der Waals surface area contributed by atoms with Crippen LogP contribution < -0.4 is 0 Å². The Balaban J connectivity index is 0.000000145. The van der Waals surface area contributed by atoms with Crippen molar-refractivity contribution in [3.05, 3.63) is 6.92 Å². The van der Waals surface area contributed by atoms with Crippen LogP contribution in [0.25, 0.3) is 0 Å². The van der Waals surface area contributed by atoms with Gasteiger partial charge in [-0.05, 0) is 5.92 Å². The summed E-state index contributed by atoms with van der Waals surface area (Å²) in [7, 11) is 0. The lowest BCUT2D eigenvalue weighted by atomic mass is 9.88. The minimum absolute atomic E-state index is 0.0417. The molecule has 8 heavy (non-hydrogen) atoms. The minimum Gasteiger partial charge on any atom is -0.280 e. The van der Waals surface area contributed by atoms with Crippen molar-refractivity contribution >= 4 is 41.8 Å². The van der Waals surface area contributed by atoms with Crippen molar-refractivity contribution in [1.29, 1.82) is 0 Å². The van der Waals surface area contributed by atoms with Gasteiger partial charge in [-0.3, -0.25) is 25.8 Å². The molecule has 0 aliphatic heterocycles. The zero-order chi connectivity index (χ0) is 6.41. The van der Waals surface area contributed by atoms with E-state index in [-0.39, 0.29) is 16.0 Å². The highest BCUT2D eigenvalue weighted by Gasteiger charge is 2.09. The average molecular weight is 253 g/mol. The van der Waals surface area contributed by atoms with Crippen LogP contribution >= 0.6 is 25.8 Å². The van der Waals surface area contributed by atoms with Gasteiger partial charge in [-0.1, -0.05) is 26.2 Å². The van der Waals surface area contributed by atoms with Crippen LogP contribution in [0.2, 0.25) is 0 Å². The second kappa shape index (κ2) is 6.84. The SMILES string of the molecule is [Br][Mg][Br].[CH2]C1CCC1. The van der Waals surface area contributed by atoms with Gasteiger partial charge < -0.3 is 0 Å². The van der Waals surface area contributed by atoms with Gasteiger partial charge in [-0.25, -0.2) is 0 Å². The van der Waals surface area contributed by atoms with Crippen LogP contribution in [0.4, 0.5) is 0 Å². The molecule has 0 aromatic rings. The van der Waals surface area contributed by atoms with Gasteiger partial charge in [-0.15, -0.1) is 0 Å². The normalized spacial score (nSPS) is 17.4. The first-order chi connectivity index (χ1) is 3.81. The minimum atomic E-state index is 0.0417. The molecule has 45 valence electrons. The lowest BCUT2D eigenvalue weighted by molar-refractivity contribution is 0.384. The van der Waals surface area contributed by atoms with E-state index in [2.05, 4.69) is 32.7 Å². The van der Waals surface area contributed by atoms with Crippen LogP contribution in [-0.2, 0) is 0 Å². The largest absolute Gasteiger partial charge is 0.560 e. The summed E-state index contributed by atoms with van der Waals surface area (Å²) in [5.74, 6) is 0.815. The lowest BCUT2D eigenvalue weighted by Crippen LogP contribution is -2.04. The molecule has 0 amide bonds. The third-order valence-electron chi connectivity index (χ3n) is 1.22. The van der Waals surface area contributed by atoms with Gasteiger partial charge in [0.15, 0.2) is 0 Å². The van der Waals surface area contributed by atoms with Crippen LogP contribution in [0.3, 0.4) is 0 Å². The highest BCUT2D eigenvalue weighted by Crippen LogP contribution is 2.23. The van der Waals surface area contributed by atoms with E-state index in [1.165, 1.54) is 19.3 Å². The molecule has 3 heteroatoms. The first kappa shape index (κ1) is 9.73. The fraction of sp³-hybridized carbons (Fsp3) is 0.800. The van der Waals surface area contributed by atoms with Crippen LogP contribution in [0.5, 0.6) is 0 Å². The van der Waals surface area contributed by atoms with E-state index < -0.39 is 0 Å². The summed E-state index contributed by atoms with van der Waals surface area (Å²) < 4.78 is 0. The fourth-order valence-electron chi connectivity index (χ4n) is 0.493. The monoisotopic (exact) mass is 251 g/mol. The van der Waals surface area contributed by atoms with E-state index >= 15 is 0 Å². The zero-order valence-corrected chi connectivity index (χ0v) is 9.46. The second-order valence-electron chi connectivity index (χ2n) is 1.90. The number of rotatable bonds is 0. The Kier molecular flexibility index (Phi) is 8.32. The topological polar surface area (TPSA) is 0 Å². The summed E-state index contributed by atoms with van der Waals surface area (Å²) in [4.78, 5) is 0. The van der Waals surface area contributed by atoms with Crippen LogP contribution in [0, 0.1) is 12.8 Å². The molecule has 1 aliphatic rings. The molecule has 1 rings (SSSR count). The van der Waals surface area contributed by atoms with Crippen molar-refractivity contribution in [2.45, 2.75) is 19.3 Å². The summed E-state index contributed by atoms with van der Waals surface area (Å²) in [6.07, 6.45) is 4.17. The summed E-state index contributed by atoms with van der Waals surface area (Å²) in [6.45, 7) is 3.84. The van der Waals surface area contributed by atoms with Crippen LogP contribution in [0.1, 0.15) is 19.3 Å². The number of hydrogen-bond donors (Lipinski definition) is 0. The first-order valence-corrected chi connectivity index (χ1v) is 10.6. The first-order valence-electron chi connectivity index (χ1n) is 2.76. The Hall–Kier alpha value is 1.73. The molecule has 0 aromatic heterocycles. The summed E-state index contributed by atoms with van der Waals surface area (Å²) in [6, 6.07) is 0. The van der Waals surface area contributed by atoms with Gasteiger partial charge in [-0.2, -0.15) is 0 Å². The van der Waals surface area contributed by atoms with Gasteiger partial charge in [0.25, 0.3) is 0 Å². The number of hydrogen-bond acceptors (Lipinski definition) is 0. The Labute approximate surface area is 73.3 Å². The Bertz CT molecular complexity index is 45.7. The molecule has 0 nitrogen and oxygen atoms in total. The number of halogens is 2. The summed E-state index contributed by atoms with van der Waals surface area (Å²) >= 11 is 6.44. The van der Waals surface area contributed by atoms with E-state index in [0.717, 1.165) is 5.92 Å². The lowest BCUT2D eigenvalue weighted by Gasteiger charge is -2.18. The molecular weight excluding hydrogens is 244 g/mol. The van der Waals surface area contributed by atoms with Crippen molar-refractivity contribution in [3.8, 4) is 0 Å². The van der Waals surface area contributed by atoms with E-state index in [1.54, 1.807) is 0 Å². The molecular formula is C5H9Br2Mg. The second-order valence-corrected chi connectivity index (χ2v) is 9.98. The molecule has 1 radical (unpaired) electrons. The molecule has 0 N–H and O–H groups in total. The average Bonchev–Trinajstić information content (AvgIpc) is 1.64. The van der Waals surface area contributed by atoms with Gasteiger partial charge in [0, 0.05) is 0 Å². The standard InChI is InChI=1S/C5H9.2BrH.Mg/c1-5-3-2-4-5;;;/h5H,1-4H2;2*1H;/q;;;+2/p-2. The maximum atomic E-state index is 3.84. The quantitative estimate of drug-likeness (QED) is 0.582. The molecule has 1 fully saturated rings. The maximum Gasteiger partial charge on any atom is 0.560 e. The van der Waals surface area contributed by atoms with Crippen molar-refractivity contribution in [2.24, 2.45) is 5.92 Å². The highest BCUT2D eigenvalue weighted by atomic mass is 79.9. The van der Waals surface area contributed by atoms with Crippen molar-refractivity contribution in [3.63, 3.8) is 0 Å². The van der Waals surface area contributed by atoms with Crippen LogP contribution in [0.15, 0.2) is 0 Å². The summed E-state index contributed by atoms with van der Waals surface area (Å²) in [5.41, 5.74) is 0. The zero-order valence-electron chi connectivity index (χ0n) is 4.87. The molecule has 0 atom stereocenters. The van der Waals surface area contributed by atoms with Crippen molar-refractivity contribution in [1.82, 2.24) is 0 Å². The molecule has 0 aromatic carbocycles. The van der Waals surface area contributed by atoms with Crippen LogP contribution in [-0.4, -0.2) is 16.0 Å². The smallest absolute Gasteiger partial charge is 0.280 e. The van der Waals surface area contributed by atoms with Gasteiger partial charge in [0.05, 0.1) is 0 Å². The Morgan fingerprint density at radius 1 is 1.38 bits per heavy atom. The van der Waals surface area contributed by atoms with Crippen molar-refractivity contribution < 1.29 is 0 Å². The fourth-order valence-corrected chi connectivity index (χ4v) is 0.493. The predicted octanol–water partition coefficient (Wildman–Crippen LogP) is 2.93. The summed E-state index contributed by atoms with van der Waals surface area (Å²) in [5, 5.41) is 0. The third-order valence-corrected chi connectivity index (χ3v) is 1.22. The maximum absolute atomic E-state index is 3.84. The van der Waals surface area contributed by atoms with Gasteiger partial charge >= 0.3 is 16.0 Å². The highest BCUT2D eigenvalue weighted by molar-refractivity contribution is 9.47. The van der Waals surface area contributed by atoms with E-state index in [1.807, 2.05) is 0 Å². The molecule has 1 aliphatic carbocycles. The Morgan fingerprint density at radius 3 is 1.62 bits per heavy atom. The molecule has 0 heterocycles. The van der Waals surface area contributed by atoms with Gasteiger partial charge in [0.1, 0.15) is 0 Å². The van der Waals surface area contributed by atoms with Gasteiger partial charge in [0.2, 0.25) is 0 Å². The van der Waals surface area contributed by atoms with E-state index in [9.17, 15) is 0 Å². The van der Waals surface area contributed by atoms with E-state index in [0.29, 0.717) is 0 Å². The molecule has 0 spiro atoms. The van der Waals surface area contributed by atoms with Crippen molar-refractivity contribution in [2.75, 3.05) is 0 Å². The molecule has 0 saturated heterocycles. The predicted molar refractivity (Wildman–Crippen MR) is 46.3 cm³/mol. The Morgan fingerprint density at radius 2 is 1.62 bits per heavy atom. The third kappa shape index (κ3) is 5.86. The molecule has 0 unspecified atom stereocenters.